The lowest BCUT2D eigenvalue weighted by atomic mass is 9.32. The molecule has 1 fully saturated rings. The number of para-hydroxylation sites is 8. The Hall–Kier alpha value is -7.06. The first-order chi connectivity index (χ1) is 29.7. The number of rotatable bonds is 2. The standard InChI is InChI=1S/C53H44N8/c1-33-32-50(2)36-24-12-18-30-42(36)60-46-44(54-38-26-14-16-28-40(38)56-46)58(34-20-8-6-9-21-34)48(60)52(50,4)53(5)49-59(35-22-10-7-11-23-35)45-47(57-41-29-17-15-27-39(41)55-45)61(49)43-31-19-13-25-37(43)51(33,53)3/h6-31,48-49H,1,32H2,2-5H3. The van der Waals surface area contributed by atoms with Crippen molar-refractivity contribution in [3.05, 3.63) is 181 Å². The fourth-order valence-corrected chi connectivity index (χ4v) is 13.0. The van der Waals surface area contributed by atoms with Crippen LogP contribution in [0.5, 0.6) is 0 Å². The molecule has 1 aliphatic carbocycles. The Balaban J connectivity index is 1.19. The van der Waals surface area contributed by atoms with Crippen molar-refractivity contribution in [2.75, 3.05) is 19.6 Å². The van der Waals surface area contributed by atoms with E-state index in [1.54, 1.807) is 0 Å². The van der Waals surface area contributed by atoms with Gasteiger partial charge in [0, 0.05) is 44.4 Å². The summed E-state index contributed by atoms with van der Waals surface area (Å²) >= 11 is 0. The van der Waals surface area contributed by atoms with Crippen LogP contribution < -0.4 is 19.6 Å². The maximum Gasteiger partial charge on any atom is 0.179 e. The Morgan fingerprint density at radius 3 is 1.26 bits per heavy atom. The Labute approximate surface area is 355 Å². The minimum absolute atomic E-state index is 0.271. The van der Waals surface area contributed by atoms with Crippen LogP contribution >= 0.6 is 0 Å². The van der Waals surface area contributed by atoms with Crippen molar-refractivity contribution in [3.63, 3.8) is 0 Å². The quantitative estimate of drug-likeness (QED) is 0.160. The van der Waals surface area contributed by atoms with Gasteiger partial charge in [-0.2, -0.15) is 0 Å². The van der Waals surface area contributed by atoms with Gasteiger partial charge in [0.15, 0.2) is 23.3 Å². The summed E-state index contributed by atoms with van der Waals surface area (Å²) in [5, 5.41) is 0. The summed E-state index contributed by atoms with van der Waals surface area (Å²) in [7, 11) is 0. The molecule has 0 bridgehead atoms. The fourth-order valence-electron chi connectivity index (χ4n) is 13.0. The van der Waals surface area contributed by atoms with Gasteiger partial charge in [0.2, 0.25) is 0 Å². The Kier molecular flexibility index (Phi) is 6.61. The third kappa shape index (κ3) is 3.93. The molecule has 2 aromatic heterocycles. The molecule has 0 N–H and O–H groups in total. The van der Waals surface area contributed by atoms with Crippen molar-refractivity contribution >= 4 is 68.1 Å². The van der Waals surface area contributed by atoms with E-state index in [1.807, 2.05) is 0 Å². The molecule has 0 amide bonds. The second-order valence-corrected chi connectivity index (χ2v) is 18.3. The first kappa shape index (κ1) is 34.8. The van der Waals surface area contributed by atoms with Gasteiger partial charge in [-0.1, -0.05) is 137 Å². The van der Waals surface area contributed by atoms with Gasteiger partial charge in [0.25, 0.3) is 0 Å². The van der Waals surface area contributed by atoms with Gasteiger partial charge in [0.05, 0.1) is 22.1 Å². The highest BCUT2D eigenvalue weighted by Gasteiger charge is 2.80. The van der Waals surface area contributed by atoms with Gasteiger partial charge in [-0.05, 0) is 78.2 Å². The molecule has 13 rings (SSSR count). The van der Waals surface area contributed by atoms with Crippen molar-refractivity contribution in [1.82, 2.24) is 19.9 Å². The van der Waals surface area contributed by atoms with Crippen LogP contribution in [-0.4, -0.2) is 32.3 Å². The van der Waals surface area contributed by atoms with Gasteiger partial charge in [0.1, 0.15) is 12.3 Å². The van der Waals surface area contributed by atoms with Crippen molar-refractivity contribution in [2.24, 2.45) is 10.8 Å². The predicted octanol–water partition coefficient (Wildman–Crippen LogP) is 12.0. The molecule has 296 valence electrons. The van der Waals surface area contributed by atoms with Gasteiger partial charge >= 0.3 is 0 Å². The summed E-state index contributed by atoms with van der Waals surface area (Å²) in [5.74, 6) is 3.45. The van der Waals surface area contributed by atoms with E-state index in [-0.39, 0.29) is 12.3 Å². The SMILES string of the molecule is C=C1CC2(C)c3ccccc3N3c4nc5ccccc5nc4N(c4ccccc4)C3C2(C)C2(C)C3N(c4ccccc4)c4nc5ccccc5nc4N3c3ccccc3C12C. The highest BCUT2D eigenvalue weighted by atomic mass is 15.5. The van der Waals surface area contributed by atoms with Crippen LogP contribution in [0.3, 0.4) is 0 Å². The second kappa shape index (κ2) is 11.6. The largest absolute Gasteiger partial charge is 0.301 e. The molecule has 8 aromatic rings. The minimum Gasteiger partial charge on any atom is -0.301 e. The zero-order valence-electron chi connectivity index (χ0n) is 34.7. The molecule has 0 radical (unpaired) electrons. The number of nitrogens with zero attached hydrogens (tertiary/aromatic N) is 8. The molecule has 8 nitrogen and oxygen atoms in total. The molecule has 0 spiro atoms. The van der Waals surface area contributed by atoms with Crippen LogP contribution in [0.1, 0.15) is 45.2 Å². The Bertz CT molecular complexity index is 3170. The number of aromatic nitrogens is 4. The third-order valence-electron chi connectivity index (χ3n) is 16.1. The molecule has 6 atom stereocenters. The van der Waals surface area contributed by atoms with Crippen LogP contribution in [0.4, 0.5) is 46.0 Å². The van der Waals surface area contributed by atoms with Crippen molar-refractivity contribution in [1.29, 1.82) is 0 Å². The van der Waals surface area contributed by atoms with Gasteiger partial charge in [-0.3, -0.25) is 0 Å². The number of fused-ring (bicyclic) bond motifs is 19. The molecule has 6 heterocycles. The second-order valence-electron chi connectivity index (χ2n) is 18.3. The molecule has 0 saturated heterocycles. The van der Waals surface area contributed by atoms with E-state index in [2.05, 4.69) is 205 Å². The minimum atomic E-state index is -0.645. The highest BCUT2D eigenvalue weighted by molar-refractivity contribution is 5.95. The van der Waals surface area contributed by atoms with E-state index in [1.165, 1.54) is 16.7 Å². The van der Waals surface area contributed by atoms with Crippen molar-refractivity contribution in [2.45, 2.75) is 57.3 Å². The van der Waals surface area contributed by atoms with E-state index >= 15 is 0 Å². The first-order valence-electron chi connectivity index (χ1n) is 21.4. The predicted molar refractivity (Wildman–Crippen MR) is 246 cm³/mol. The normalized spacial score (nSPS) is 27.8. The molecule has 4 aliphatic heterocycles. The monoisotopic (exact) mass is 792 g/mol. The summed E-state index contributed by atoms with van der Waals surface area (Å²) in [6.45, 7) is 15.3. The molecule has 8 heteroatoms. The van der Waals surface area contributed by atoms with E-state index in [0.29, 0.717) is 0 Å². The van der Waals surface area contributed by atoms with Crippen LogP contribution in [0.2, 0.25) is 0 Å². The summed E-state index contributed by atoms with van der Waals surface area (Å²) in [5.41, 5.74) is 9.50. The van der Waals surface area contributed by atoms with E-state index in [4.69, 9.17) is 26.5 Å². The lowest BCUT2D eigenvalue weighted by Crippen LogP contribution is -2.80. The number of hydrogen-bond donors (Lipinski definition) is 0. The summed E-state index contributed by atoms with van der Waals surface area (Å²) < 4.78 is 0. The molecule has 1 saturated carbocycles. The van der Waals surface area contributed by atoms with Crippen LogP contribution in [0.25, 0.3) is 22.1 Å². The van der Waals surface area contributed by atoms with Gasteiger partial charge < -0.3 is 19.6 Å². The van der Waals surface area contributed by atoms with Crippen LogP contribution in [0, 0.1) is 10.8 Å². The molecule has 6 unspecified atom stereocenters. The van der Waals surface area contributed by atoms with Crippen molar-refractivity contribution in [3.8, 4) is 0 Å². The van der Waals surface area contributed by atoms with Crippen LogP contribution in [0.15, 0.2) is 170 Å². The van der Waals surface area contributed by atoms with E-state index in [9.17, 15) is 0 Å². The summed E-state index contributed by atoms with van der Waals surface area (Å²) in [6, 6.07) is 56.3. The Morgan fingerprint density at radius 2 is 0.787 bits per heavy atom. The lowest BCUT2D eigenvalue weighted by molar-refractivity contribution is -0.118. The number of hydrogen-bond acceptors (Lipinski definition) is 8. The highest BCUT2D eigenvalue weighted by Crippen LogP contribution is 2.80. The van der Waals surface area contributed by atoms with Crippen LogP contribution in [-0.2, 0) is 10.8 Å². The summed E-state index contributed by atoms with van der Waals surface area (Å²) in [4.78, 5) is 32.3. The molecular formula is C53H44N8. The zero-order valence-corrected chi connectivity index (χ0v) is 34.7. The van der Waals surface area contributed by atoms with Gasteiger partial charge in [-0.15, -0.1) is 0 Å². The maximum absolute atomic E-state index is 5.56. The van der Waals surface area contributed by atoms with E-state index in [0.717, 1.165) is 74.5 Å². The van der Waals surface area contributed by atoms with E-state index < -0.39 is 21.7 Å². The number of allylic oxidation sites excluding steroid dienone is 1. The smallest absolute Gasteiger partial charge is 0.179 e. The maximum atomic E-state index is 5.56. The topological polar surface area (TPSA) is 64.5 Å². The molecule has 6 aromatic carbocycles. The zero-order chi connectivity index (χ0) is 41.0. The number of benzene rings is 6. The molecule has 5 aliphatic rings. The average Bonchev–Trinajstić information content (AvgIpc) is 3.82. The van der Waals surface area contributed by atoms with Gasteiger partial charge in [-0.25, -0.2) is 19.9 Å². The lowest BCUT2D eigenvalue weighted by Gasteiger charge is -2.76. The molecule has 61 heavy (non-hydrogen) atoms. The fraction of sp³-hybridized carbons (Fsp3) is 0.208. The third-order valence-corrected chi connectivity index (χ3v) is 16.1. The Morgan fingerprint density at radius 1 is 0.426 bits per heavy atom. The average molecular weight is 793 g/mol. The molecular weight excluding hydrogens is 749 g/mol. The first-order valence-corrected chi connectivity index (χ1v) is 21.4. The number of anilines is 8. The van der Waals surface area contributed by atoms with Crippen molar-refractivity contribution < 1.29 is 0 Å². The summed E-state index contributed by atoms with van der Waals surface area (Å²) in [6.07, 6.45) is 0.224.